The Hall–Kier alpha value is -1.22. The Bertz CT molecular complexity index is 511. The molecule has 1 aromatic rings. The van der Waals surface area contributed by atoms with Gasteiger partial charge in [0.15, 0.2) is 12.4 Å². The molecule has 7 nitrogen and oxygen atoms in total. The first kappa shape index (κ1) is 13.2. The van der Waals surface area contributed by atoms with Crippen molar-refractivity contribution in [1.82, 2.24) is 9.55 Å². The summed E-state index contributed by atoms with van der Waals surface area (Å²) in [5, 5.41) is 18.3. The van der Waals surface area contributed by atoms with E-state index in [0.29, 0.717) is 0 Å². The van der Waals surface area contributed by atoms with E-state index in [1.807, 2.05) is 0 Å². The first-order valence-electron chi connectivity index (χ1n) is 5.08. The molecule has 100 valence electrons. The lowest BCUT2D eigenvalue weighted by atomic mass is 10.1. The van der Waals surface area contributed by atoms with Crippen molar-refractivity contribution in [3.05, 3.63) is 21.7 Å². The second kappa shape index (κ2) is 4.81. The zero-order valence-electron chi connectivity index (χ0n) is 9.03. The van der Waals surface area contributed by atoms with E-state index < -0.39 is 36.9 Å². The molecule has 1 fully saturated rings. The van der Waals surface area contributed by atoms with E-state index in [1.54, 1.807) is 0 Å². The summed E-state index contributed by atoms with van der Waals surface area (Å²) < 4.78 is 19.6. The van der Waals surface area contributed by atoms with Crippen molar-refractivity contribution in [1.29, 1.82) is 0 Å². The second-order valence-corrected chi connectivity index (χ2v) is 4.25. The molecule has 0 unspecified atom stereocenters. The van der Waals surface area contributed by atoms with E-state index in [4.69, 9.17) is 27.2 Å². The molecule has 0 bridgehead atoms. The number of rotatable bonds is 2. The summed E-state index contributed by atoms with van der Waals surface area (Å²) in [6.07, 6.45) is -4.82. The van der Waals surface area contributed by atoms with Crippen molar-refractivity contribution < 1.29 is 19.3 Å². The molecule has 2 heterocycles. The second-order valence-electron chi connectivity index (χ2n) is 3.85. The van der Waals surface area contributed by atoms with Gasteiger partial charge in [0.05, 0.1) is 11.6 Å². The van der Waals surface area contributed by atoms with Crippen LogP contribution >= 0.6 is 11.6 Å². The quantitative estimate of drug-likeness (QED) is 0.645. The van der Waals surface area contributed by atoms with E-state index in [9.17, 15) is 14.3 Å². The molecular formula is C9H11ClFN3O4. The van der Waals surface area contributed by atoms with Gasteiger partial charge < -0.3 is 20.7 Å². The molecule has 0 saturated carbocycles. The number of ether oxygens (including phenoxy) is 1. The number of nitrogens with two attached hydrogens (primary N) is 1. The van der Waals surface area contributed by atoms with Gasteiger partial charge >= 0.3 is 5.69 Å². The van der Waals surface area contributed by atoms with Crippen LogP contribution in [0.25, 0.3) is 0 Å². The molecule has 0 amide bonds. The normalized spacial score (nSPS) is 31.8. The fraction of sp³-hybridized carbons (Fsp3) is 0.556. The molecular weight excluding hydrogens is 269 g/mol. The number of aliphatic hydroxyl groups excluding tert-OH is 2. The van der Waals surface area contributed by atoms with Crippen molar-refractivity contribution >= 4 is 17.4 Å². The number of halogens is 2. The zero-order valence-corrected chi connectivity index (χ0v) is 9.79. The van der Waals surface area contributed by atoms with Crippen LogP contribution in [-0.4, -0.2) is 44.8 Å². The van der Waals surface area contributed by atoms with Gasteiger partial charge in [-0.3, -0.25) is 4.57 Å². The number of alkyl halides is 1. The average molecular weight is 280 g/mol. The number of hydrogen-bond donors (Lipinski definition) is 3. The number of anilines is 1. The zero-order chi connectivity index (χ0) is 13.4. The third-order valence-electron chi connectivity index (χ3n) is 2.68. The minimum absolute atomic E-state index is 0.0349. The molecule has 0 aromatic carbocycles. The van der Waals surface area contributed by atoms with Crippen LogP contribution in [0.2, 0.25) is 5.02 Å². The van der Waals surface area contributed by atoms with E-state index in [-0.39, 0.29) is 10.8 Å². The predicted octanol–water partition coefficient (Wildman–Crippen LogP) is -0.932. The first-order chi connectivity index (χ1) is 8.45. The SMILES string of the molecule is Nc1nc(=O)n([C@@H]2O[C@H](CO)[C@@H](O)[C@H]2F)cc1Cl. The lowest BCUT2D eigenvalue weighted by Gasteiger charge is -2.16. The molecule has 18 heavy (non-hydrogen) atoms. The molecule has 1 aliphatic heterocycles. The summed E-state index contributed by atoms with van der Waals surface area (Å²) in [5.41, 5.74) is 4.47. The van der Waals surface area contributed by atoms with Gasteiger partial charge in [0.1, 0.15) is 18.0 Å². The summed E-state index contributed by atoms with van der Waals surface area (Å²) in [7, 11) is 0. The molecule has 1 saturated heterocycles. The fourth-order valence-corrected chi connectivity index (χ4v) is 1.87. The van der Waals surface area contributed by atoms with Crippen molar-refractivity contribution in [3.8, 4) is 0 Å². The largest absolute Gasteiger partial charge is 0.394 e. The van der Waals surface area contributed by atoms with Crippen molar-refractivity contribution in [3.63, 3.8) is 0 Å². The van der Waals surface area contributed by atoms with Crippen LogP contribution in [0.15, 0.2) is 11.0 Å². The Morgan fingerprint density at radius 2 is 2.33 bits per heavy atom. The first-order valence-corrected chi connectivity index (χ1v) is 5.46. The van der Waals surface area contributed by atoms with E-state index in [0.717, 1.165) is 10.8 Å². The van der Waals surface area contributed by atoms with Gasteiger partial charge in [0.25, 0.3) is 0 Å². The lowest BCUT2D eigenvalue weighted by Crippen LogP contribution is -2.33. The molecule has 0 spiro atoms. The Balaban J connectivity index is 2.39. The van der Waals surface area contributed by atoms with Crippen molar-refractivity contribution in [2.75, 3.05) is 12.3 Å². The van der Waals surface area contributed by atoms with E-state index in [1.165, 1.54) is 0 Å². The van der Waals surface area contributed by atoms with Gasteiger partial charge in [0, 0.05) is 6.20 Å². The Labute approximate surface area is 106 Å². The smallest absolute Gasteiger partial charge is 0.351 e. The maximum Gasteiger partial charge on any atom is 0.351 e. The summed E-state index contributed by atoms with van der Waals surface area (Å²) in [5.74, 6) is -0.175. The van der Waals surface area contributed by atoms with Crippen LogP contribution in [-0.2, 0) is 4.74 Å². The highest BCUT2D eigenvalue weighted by atomic mass is 35.5. The maximum atomic E-state index is 13.8. The van der Waals surface area contributed by atoms with E-state index >= 15 is 0 Å². The maximum absolute atomic E-state index is 13.8. The topological polar surface area (TPSA) is 111 Å². The molecule has 2 rings (SSSR count). The van der Waals surface area contributed by atoms with Crippen molar-refractivity contribution in [2.45, 2.75) is 24.6 Å². The summed E-state index contributed by atoms with van der Waals surface area (Å²) in [6.45, 7) is -0.566. The summed E-state index contributed by atoms with van der Waals surface area (Å²) in [6, 6.07) is 0. The molecule has 0 radical (unpaired) electrons. The molecule has 4 N–H and O–H groups in total. The van der Waals surface area contributed by atoms with Crippen LogP contribution in [0.5, 0.6) is 0 Å². The predicted molar refractivity (Wildman–Crippen MR) is 59.8 cm³/mol. The Morgan fingerprint density at radius 3 is 2.89 bits per heavy atom. The number of nitrogens with zero attached hydrogens (tertiary/aromatic N) is 2. The molecule has 9 heteroatoms. The highest BCUT2D eigenvalue weighted by Gasteiger charge is 2.45. The monoisotopic (exact) mass is 279 g/mol. The fourth-order valence-electron chi connectivity index (χ4n) is 1.72. The van der Waals surface area contributed by atoms with Crippen LogP contribution < -0.4 is 11.4 Å². The van der Waals surface area contributed by atoms with Gasteiger partial charge in [-0.25, -0.2) is 9.18 Å². The third kappa shape index (κ3) is 2.07. The summed E-state index contributed by atoms with van der Waals surface area (Å²) in [4.78, 5) is 14.9. The number of nitrogen functional groups attached to an aromatic ring is 1. The lowest BCUT2D eigenvalue weighted by molar-refractivity contribution is -0.0490. The Morgan fingerprint density at radius 1 is 1.67 bits per heavy atom. The number of aromatic nitrogens is 2. The highest BCUT2D eigenvalue weighted by Crippen LogP contribution is 2.31. The third-order valence-corrected chi connectivity index (χ3v) is 2.97. The molecule has 1 aliphatic rings. The summed E-state index contributed by atoms with van der Waals surface area (Å²) >= 11 is 5.68. The van der Waals surface area contributed by atoms with Gasteiger partial charge in [-0.2, -0.15) is 4.98 Å². The van der Waals surface area contributed by atoms with Gasteiger partial charge in [0.2, 0.25) is 0 Å². The number of hydrogen-bond acceptors (Lipinski definition) is 6. The highest BCUT2D eigenvalue weighted by molar-refractivity contribution is 6.32. The molecule has 4 atom stereocenters. The average Bonchev–Trinajstić information content (AvgIpc) is 2.61. The van der Waals surface area contributed by atoms with Crippen molar-refractivity contribution in [2.24, 2.45) is 0 Å². The van der Waals surface area contributed by atoms with Crippen LogP contribution in [0, 0.1) is 0 Å². The molecule has 1 aromatic heterocycles. The Kier molecular flexibility index (Phi) is 3.53. The minimum Gasteiger partial charge on any atom is -0.394 e. The van der Waals surface area contributed by atoms with Gasteiger partial charge in [-0.15, -0.1) is 0 Å². The molecule has 0 aliphatic carbocycles. The standard InChI is InChI=1S/C9H11ClFN3O4/c10-3-1-14(9(17)13-7(3)12)8-5(11)6(16)4(2-15)18-8/h1,4-6,8,15-16H,2H2,(H2,12,13,17)/t4-,5-,6-,8-/m1/s1. The van der Waals surface area contributed by atoms with Gasteiger partial charge in [-0.1, -0.05) is 11.6 Å². The van der Waals surface area contributed by atoms with E-state index in [2.05, 4.69) is 4.98 Å². The van der Waals surface area contributed by atoms with Gasteiger partial charge in [-0.05, 0) is 0 Å². The minimum atomic E-state index is -1.87. The van der Waals surface area contributed by atoms with Crippen LogP contribution in [0.1, 0.15) is 6.23 Å². The van der Waals surface area contributed by atoms with Crippen LogP contribution in [0.3, 0.4) is 0 Å². The van der Waals surface area contributed by atoms with Crippen LogP contribution in [0.4, 0.5) is 10.2 Å². The number of aliphatic hydroxyl groups is 2.